The van der Waals surface area contributed by atoms with E-state index in [1.54, 1.807) is 7.11 Å². The van der Waals surface area contributed by atoms with Crippen LogP contribution < -0.4 is 4.74 Å². The Kier molecular flexibility index (Phi) is 4.26. The second-order valence-corrected chi connectivity index (χ2v) is 6.51. The first-order chi connectivity index (χ1) is 11.5. The van der Waals surface area contributed by atoms with Gasteiger partial charge in [0.2, 0.25) is 0 Å². The van der Waals surface area contributed by atoms with E-state index >= 15 is 0 Å². The molecule has 2 aromatic rings. The molecular formula is C19H23N3O2. The largest absolute Gasteiger partial charge is 0.496 e. The van der Waals surface area contributed by atoms with Gasteiger partial charge in [0.25, 0.3) is 5.91 Å². The number of amides is 1. The fourth-order valence-electron chi connectivity index (χ4n) is 3.45. The zero-order valence-corrected chi connectivity index (χ0v) is 14.7. The van der Waals surface area contributed by atoms with Crippen LogP contribution in [0.25, 0.3) is 0 Å². The van der Waals surface area contributed by atoms with Gasteiger partial charge in [-0.15, -0.1) is 0 Å². The number of likely N-dealkylation sites (tertiary alicyclic amines) is 1. The van der Waals surface area contributed by atoms with Crippen LogP contribution in [0.15, 0.2) is 30.3 Å². The van der Waals surface area contributed by atoms with Crippen molar-refractivity contribution in [1.82, 2.24) is 14.9 Å². The molecule has 2 heterocycles. The zero-order chi connectivity index (χ0) is 17.3. The van der Waals surface area contributed by atoms with Crippen molar-refractivity contribution in [2.45, 2.75) is 39.2 Å². The summed E-state index contributed by atoms with van der Waals surface area (Å²) in [6.45, 7) is 6.68. The Morgan fingerprint density at radius 3 is 2.54 bits per heavy atom. The summed E-state index contributed by atoms with van der Waals surface area (Å²) < 4.78 is 5.36. The average molecular weight is 325 g/mol. The number of hydrogen-bond acceptors (Lipinski definition) is 4. The first-order valence-electron chi connectivity index (χ1n) is 8.23. The molecule has 0 aliphatic carbocycles. The molecule has 0 radical (unpaired) electrons. The molecule has 1 aliphatic rings. The Hall–Kier alpha value is -2.43. The second-order valence-electron chi connectivity index (χ2n) is 6.51. The van der Waals surface area contributed by atoms with Gasteiger partial charge in [0.05, 0.1) is 12.7 Å². The summed E-state index contributed by atoms with van der Waals surface area (Å²) in [5, 5.41) is 0. The van der Waals surface area contributed by atoms with Crippen molar-refractivity contribution in [2.75, 3.05) is 13.7 Å². The van der Waals surface area contributed by atoms with Crippen LogP contribution in [0.2, 0.25) is 0 Å². The Bertz CT molecular complexity index is 755. The van der Waals surface area contributed by atoms with Crippen LogP contribution in [0.4, 0.5) is 0 Å². The lowest BCUT2D eigenvalue weighted by Crippen LogP contribution is -2.44. The molecule has 1 aromatic carbocycles. The van der Waals surface area contributed by atoms with E-state index in [4.69, 9.17) is 4.74 Å². The number of benzene rings is 1. The highest BCUT2D eigenvalue weighted by atomic mass is 16.5. The van der Waals surface area contributed by atoms with Crippen molar-refractivity contribution in [3.05, 3.63) is 53.1 Å². The highest BCUT2D eigenvalue weighted by molar-refractivity contribution is 5.97. The maximum absolute atomic E-state index is 13.2. The quantitative estimate of drug-likeness (QED) is 0.869. The number of aryl methyl sites for hydroxylation is 2. The van der Waals surface area contributed by atoms with Crippen molar-refractivity contribution >= 4 is 5.91 Å². The monoisotopic (exact) mass is 325 g/mol. The lowest BCUT2D eigenvalue weighted by atomic mass is 9.96. The lowest BCUT2D eigenvalue weighted by Gasteiger charge is -2.34. The predicted octanol–water partition coefficient (Wildman–Crippen LogP) is 3.25. The summed E-state index contributed by atoms with van der Waals surface area (Å²) in [7, 11) is 1.59. The summed E-state index contributed by atoms with van der Waals surface area (Å²) >= 11 is 0. The van der Waals surface area contributed by atoms with Gasteiger partial charge in [0, 0.05) is 17.9 Å². The number of aromatic nitrogens is 2. The van der Waals surface area contributed by atoms with Gasteiger partial charge in [-0.05, 0) is 51.8 Å². The molecular weight excluding hydrogens is 302 g/mol. The molecule has 0 bridgehead atoms. The fourth-order valence-corrected chi connectivity index (χ4v) is 3.45. The predicted molar refractivity (Wildman–Crippen MR) is 92.1 cm³/mol. The van der Waals surface area contributed by atoms with Crippen LogP contribution in [0, 0.1) is 13.8 Å². The van der Waals surface area contributed by atoms with E-state index in [2.05, 4.69) is 16.9 Å². The van der Waals surface area contributed by atoms with Crippen LogP contribution in [-0.4, -0.2) is 34.4 Å². The smallest absolute Gasteiger partial charge is 0.258 e. The van der Waals surface area contributed by atoms with E-state index < -0.39 is 5.54 Å². The normalized spacial score (nSPS) is 20.2. The molecule has 1 amide bonds. The van der Waals surface area contributed by atoms with Crippen LogP contribution in [-0.2, 0) is 5.54 Å². The summed E-state index contributed by atoms with van der Waals surface area (Å²) in [5.41, 5.74) is 1.94. The van der Waals surface area contributed by atoms with Gasteiger partial charge < -0.3 is 9.64 Å². The van der Waals surface area contributed by atoms with E-state index in [-0.39, 0.29) is 5.91 Å². The third-order valence-corrected chi connectivity index (χ3v) is 4.69. The summed E-state index contributed by atoms with van der Waals surface area (Å²) in [6.07, 6.45) is 1.80. The van der Waals surface area contributed by atoms with Gasteiger partial charge in [0.15, 0.2) is 5.82 Å². The highest BCUT2D eigenvalue weighted by Crippen LogP contribution is 2.38. The van der Waals surface area contributed by atoms with Crippen LogP contribution >= 0.6 is 0 Å². The number of para-hydroxylation sites is 1. The molecule has 0 N–H and O–H groups in total. The molecule has 5 heteroatoms. The van der Waals surface area contributed by atoms with E-state index in [1.165, 1.54) is 0 Å². The molecule has 0 saturated carbocycles. The first-order valence-corrected chi connectivity index (χ1v) is 8.23. The van der Waals surface area contributed by atoms with E-state index in [0.717, 1.165) is 30.1 Å². The Labute approximate surface area is 142 Å². The number of carbonyl (C=O) groups excluding carboxylic acids is 1. The van der Waals surface area contributed by atoms with Crippen LogP contribution in [0.5, 0.6) is 5.75 Å². The molecule has 1 atom stereocenters. The summed E-state index contributed by atoms with van der Waals surface area (Å²) in [4.78, 5) is 24.3. The molecule has 1 aromatic heterocycles. The zero-order valence-electron chi connectivity index (χ0n) is 14.7. The first kappa shape index (κ1) is 16.4. The molecule has 0 spiro atoms. The maximum atomic E-state index is 13.2. The van der Waals surface area contributed by atoms with Gasteiger partial charge in [-0.25, -0.2) is 9.97 Å². The Morgan fingerprint density at radius 1 is 1.21 bits per heavy atom. The Morgan fingerprint density at radius 2 is 1.88 bits per heavy atom. The minimum atomic E-state index is -0.491. The molecule has 1 saturated heterocycles. The number of rotatable bonds is 3. The third-order valence-electron chi connectivity index (χ3n) is 4.69. The summed E-state index contributed by atoms with van der Waals surface area (Å²) in [6, 6.07) is 9.30. The highest BCUT2D eigenvalue weighted by Gasteiger charge is 2.44. The SMILES string of the molecule is COc1ccccc1C(=O)N1CCC[C@@]1(C)c1nc(C)cc(C)n1. The molecule has 24 heavy (non-hydrogen) atoms. The summed E-state index contributed by atoms with van der Waals surface area (Å²) in [5.74, 6) is 1.29. The van der Waals surface area contributed by atoms with E-state index in [9.17, 15) is 4.79 Å². The minimum absolute atomic E-state index is 0.0322. The second kappa shape index (κ2) is 6.23. The van der Waals surface area contributed by atoms with Crippen molar-refractivity contribution in [1.29, 1.82) is 0 Å². The standard InChI is InChI=1S/C19H23N3O2/c1-13-12-14(2)21-18(20-13)19(3)10-7-11-22(19)17(23)15-8-5-6-9-16(15)24-4/h5-6,8-9,12H,7,10-11H2,1-4H3/t19-/m0/s1. The average Bonchev–Trinajstić information content (AvgIpc) is 2.96. The van der Waals surface area contributed by atoms with Crippen molar-refractivity contribution in [3.8, 4) is 5.75 Å². The fraction of sp³-hybridized carbons (Fsp3) is 0.421. The molecule has 5 nitrogen and oxygen atoms in total. The third kappa shape index (κ3) is 2.75. The maximum Gasteiger partial charge on any atom is 0.258 e. The Balaban J connectivity index is 2.02. The number of nitrogens with zero attached hydrogens (tertiary/aromatic N) is 3. The van der Waals surface area contributed by atoms with Crippen molar-refractivity contribution in [2.24, 2.45) is 0 Å². The number of hydrogen-bond donors (Lipinski definition) is 0. The van der Waals surface area contributed by atoms with E-state index in [1.807, 2.05) is 49.1 Å². The van der Waals surface area contributed by atoms with Gasteiger partial charge >= 0.3 is 0 Å². The molecule has 0 unspecified atom stereocenters. The van der Waals surface area contributed by atoms with Gasteiger partial charge in [-0.1, -0.05) is 12.1 Å². The van der Waals surface area contributed by atoms with Crippen molar-refractivity contribution < 1.29 is 9.53 Å². The number of carbonyl (C=O) groups is 1. The van der Waals surface area contributed by atoms with E-state index in [0.29, 0.717) is 17.9 Å². The molecule has 1 fully saturated rings. The molecule has 3 rings (SSSR count). The molecule has 1 aliphatic heterocycles. The van der Waals surface area contributed by atoms with Gasteiger partial charge in [0.1, 0.15) is 11.3 Å². The minimum Gasteiger partial charge on any atom is -0.496 e. The number of ether oxygens (including phenoxy) is 1. The van der Waals surface area contributed by atoms with Crippen LogP contribution in [0.3, 0.4) is 0 Å². The molecule has 126 valence electrons. The topological polar surface area (TPSA) is 55.3 Å². The van der Waals surface area contributed by atoms with Crippen LogP contribution in [0.1, 0.15) is 47.3 Å². The van der Waals surface area contributed by atoms with Gasteiger partial charge in [-0.2, -0.15) is 0 Å². The van der Waals surface area contributed by atoms with Crippen molar-refractivity contribution in [3.63, 3.8) is 0 Å². The lowest BCUT2D eigenvalue weighted by molar-refractivity contribution is 0.0600. The van der Waals surface area contributed by atoms with Gasteiger partial charge in [-0.3, -0.25) is 4.79 Å². The number of methoxy groups -OCH3 is 1.